The molecule has 1 aliphatic heterocycles. The summed E-state index contributed by atoms with van der Waals surface area (Å²) in [6.07, 6.45) is -2.04. The maximum Gasteiger partial charge on any atom is 0.573 e. The quantitative estimate of drug-likeness (QED) is 0.328. The summed E-state index contributed by atoms with van der Waals surface area (Å²) in [7, 11) is -4.13. The first-order chi connectivity index (χ1) is 19.5. The maximum absolute atomic E-state index is 13.4. The number of carboxylic acid groups (broad SMARTS) is 1. The van der Waals surface area contributed by atoms with E-state index in [0.717, 1.165) is 25.0 Å². The molecule has 15 heteroatoms. The molecule has 0 radical (unpaired) electrons. The summed E-state index contributed by atoms with van der Waals surface area (Å²) in [4.78, 5) is 15.7. The molecule has 2 heterocycles. The highest BCUT2D eigenvalue weighted by molar-refractivity contribution is 7.93. The minimum Gasteiger partial charge on any atom is -0.494 e. The molecule has 2 aliphatic rings. The Morgan fingerprint density at radius 1 is 1.02 bits per heavy atom. The number of hydrogen-bond donors (Lipinski definition) is 1. The normalized spacial score (nSPS) is 17.7. The van der Waals surface area contributed by atoms with Crippen LogP contribution in [0.2, 0.25) is 0 Å². The number of tetrazole rings is 1. The fraction of sp³-hybridized carbons (Fsp3) is 0.462. The number of aryl methyl sites for hydroxylation is 1. The molecule has 0 spiro atoms. The summed E-state index contributed by atoms with van der Waals surface area (Å²) < 4.78 is 71.5. The van der Waals surface area contributed by atoms with Crippen LogP contribution >= 0.6 is 0 Å². The van der Waals surface area contributed by atoms with E-state index in [1.54, 1.807) is 0 Å². The van der Waals surface area contributed by atoms with E-state index >= 15 is 0 Å². The van der Waals surface area contributed by atoms with Crippen molar-refractivity contribution < 1.29 is 41.0 Å². The number of sulfone groups is 1. The zero-order chi connectivity index (χ0) is 29.3. The van der Waals surface area contributed by atoms with Gasteiger partial charge < -0.3 is 19.5 Å². The second-order valence-corrected chi connectivity index (χ2v) is 12.3. The van der Waals surface area contributed by atoms with Gasteiger partial charge in [-0.25, -0.2) is 8.42 Å². The molecule has 0 amide bonds. The smallest absolute Gasteiger partial charge is 0.494 e. The van der Waals surface area contributed by atoms with Gasteiger partial charge in [0.15, 0.2) is 14.6 Å². The molecule has 1 N–H and O–H groups in total. The second-order valence-electron chi connectivity index (χ2n) is 10.0. The van der Waals surface area contributed by atoms with E-state index in [1.807, 2.05) is 0 Å². The minimum absolute atomic E-state index is 0.0508. The van der Waals surface area contributed by atoms with Gasteiger partial charge in [0.25, 0.3) is 0 Å². The molecule has 1 aliphatic carbocycles. The molecule has 1 saturated carbocycles. The molecule has 0 unspecified atom stereocenters. The van der Waals surface area contributed by atoms with Crippen molar-refractivity contribution in [3.05, 3.63) is 48.5 Å². The Hall–Kier alpha value is -3.72. The Kier molecular flexibility index (Phi) is 7.92. The lowest BCUT2D eigenvalue weighted by Crippen LogP contribution is -2.54. The van der Waals surface area contributed by atoms with Gasteiger partial charge in [0.05, 0.1) is 18.0 Å². The maximum atomic E-state index is 13.4. The van der Waals surface area contributed by atoms with Gasteiger partial charge in [-0.1, -0.05) is 0 Å². The second kappa shape index (κ2) is 11.3. The predicted molar refractivity (Wildman–Crippen MR) is 138 cm³/mol. The number of hydrogen-bond acceptors (Lipinski definition) is 9. The van der Waals surface area contributed by atoms with E-state index in [4.69, 9.17) is 4.74 Å². The van der Waals surface area contributed by atoms with Crippen LogP contribution in [0.5, 0.6) is 11.5 Å². The summed E-state index contributed by atoms with van der Waals surface area (Å²) in [5, 5.41) is 22.0. The highest BCUT2D eigenvalue weighted by Gasteiger charge is 2.54. The fourth-order valence-electron chi connectivity index (χ4n) is 4.88. The van der Waals surface area contributed by atoms with Crippen LogP contribution in [0.4, 0.5) is 13.2 Å². The molecule has 0 atom stereocenters. The van der Waals surface area contributed by atoms with Crippen molar-refractivity contribution in [2.24, 2.45) is 0 Å². The highest BCUT2D eigenvalue weighted by Crippen LogP contribution is 2.39. The van der Waals surface area contributed by atoms with Gasteiger partial charge in [0.1, 0.15) is 11.5 Å². The van der Waals surface area contributed by atoms with E-state index in [9.17, 15) is 31.5 Å². The Labute approximate surface area is 233 Å². The molecule has 2 fully saturated rings. The SMILES string of the molecule is O=C(O)C1(S(=O)(=O)c2ccc(OCCCn3nnc(-c4ccc(OC(F)(F)F)cc4)n3)cc2)CCN(C2CC2)CC1. The third-order valence-electron chi connectivity index (χ3n) is 7.28. The van der Waals surface area contributed by atoms with Crippen LogP contribution < -0.4 is 9.47 Å². The summed E-state index contributed by atoms with van der Waals surface area (Å²) >= 11 is 0. The number of alkyl halides is 3. The van der Waals surface area contributed by atoms with Gasteiger partial charge in [0.2, 0.25) is 5.82 Å². The average molecular weight is 596 g/mol. The van der Waals surface area contributed by atoms with Crippen LogP contribution in [0.3, 0.4) is 0 Å². The zero-order valence-corrected chi connectivity index (χ0v) is 22.6. The lowest BCUT2D eigenvalue weighted by Gasteiger charge is -2.38. The van der Waals surface area contributed by atoms with Gasteiger partial charge in [-0.15, -0.1) is 23.4 Å². The molecule has 220 valence electrons. The molecule has 1 aromatic heterocycles. The molecular formula is C26H28F3N5O6S. The largest absolute Gasteiger partial charge is 0.573 e. The Balaban J connectivity index is 1.12. The molecule has 41 heavy (non-hydrogen) atoms. The van der Waals surface area contributed by atoms with E-state index in [-0.39, 0.29) is 35.9 Å². The Bertz CT molecular complexity index is 1470. The third-order valence-corrected chi connectivity index (χ3v) is 9.78. The number of ether oxygens (including phenoxy) is 2. The van der Waals surface area contributed by atoms with Crippen molar-refractivity contribution >= 4 is 15.8 Å². The molecular weight excluding hydrogens is 567 g/mol. The number of rotatable bonds is 11. The third kappa shape index (κ3) is 6.45. The van der Waals surface area contributed by atoms with E-state index in [1.165, 1.54) is 41.2 Å². The molecule has 3 aromatic rings. The van der Waals surface area contributed by atoms with Crippen molar-refractivity contribution in [3.63, 3.8) is 0 Å². The summed E-state index contributed by atoms with van der Waals surface area (Å²) in [6.45, 7) is 1.49. The lowest BCUT2D eigenvalue weighted by molar-refractivity contribution is -0.274. The number of aliphatic carboxylic acids is 1. The standard InChI is InChI=1S/C26H28F3N5O6S/c27-26(28,29)40-21-6-2-18(3-7-21)23-30-32-34(31-23)14-1-17-39-20-8-10-22(11-9-20)41(37,38)25(24(35)36)12-15-33(16-13-25)19-4-5-19/h2-3,6-11,19H,1,4-5,12-17H2,(H,35,36). The van der Waals surface area contributed by atoms with Crippen molar-refractivity contribution in [1.82, 2.24) is 25.1 Å². The number of likely N-dealkylation sites (tertiary alicyclic amines) is 1. The highest BCUT2D eigenvalue weighted by atomic mass is 32.2. The van der Waals surface area contributed by atoms with Gasteiger partial charge in [-0.05, 0) is 79.4 Å². The summed E-state index contributed by atoms with van der Waals surface area (Å²) in [5.74, 6) is -1.01. The Morgan fingerprint density at radius 3 is 2.24 bits per heavy atom. The van der Waals surface area contributed by atoms with Crippen LogP contribution in [0.15, 0.2) is 53.4 Å². The first-order valence-electron chi connectivity index (χ1n) is 13.1. The number of halogens is 3. The number of piperidine rings is 1. The van der Waals surface area contributed by atoms with E-state index in [2.05, 4.69) is 25.0 Å². The van der Waals surface area contributed by atoms with Gasteiger partial charge in [-0.3, -0.25) is 4.79 Å². The molecule has 0 bridgehead atoms. The molecule has 11 nitrogen and oxygen atoms in total. The number of carboxylic acids is 1. The number of nitrogens with zero attached hydrogens (tertiary/aromatic N) is 5. The van der Waals surface area contributed by atoms with E-state index < -0.39 is 26.9 Å². The van der Waals surface area contributed by atoms with Crippen molar-refractivity contribution in [1.29, 1.82) is 0 Å². The predicted octanol–water partition coefficient (Wildman–Crippen LogP) is 3.56. The van der Waals surface area contributed by atoms with Gasteiger partial charge >= 0.3 is 12.3 Å². The van der Waals surface area contributed by atoms with Crippen LogP contribution in [0.1, 0.15) is 32.1 Å². The van der Waals surface area contributed by atoms with Crippen molar-refractivity contribution in [2.75, 3.05) is 19.7 Å². The first-order valence-corrected chi connectivity index (χ1v) is 14.5. The van der Waals surface area contributed by atoms with Crippen LogP contribution in [-0.2, 0) is 21.2 Å². The number of benzene rings is 2. The number of carbonyl (C=O) groups is 1. The minimum atomic E-state index is -4.78. The van der Waals surface area contributed by atoms with Crippen LogP contribution in [0.25, 0.3) is 11.4 Å². The molecule has 2 aromatic carbocycles. The Morgan fingerprint density at radius 2 is 1.66 bits per heavy atom. The molecule has 5 rings (SSSR count). The molecule has 1 saturated heterocycles. The van der Waals surface area contributed by atoms with Gasteiger partial charge in [0, 0.05) is 31.1 Å². The van der Waals surface area contributed by atoms with Crippen LogP contribution in [0, 0.1) is 0 Å². The van der Waals surface area contributed by atoms with Crippen molar-refractivity contribution in [3.8, 4) is 22.9 Å². The average Bonchev–Trinajstić information content (AvgIpc) is 3.68. The fourth-order valence-corrected chi connectivity index (χ4v) is 6.78. The monoisotopic (exact) mass is 595 g/mol. The van der Waals surface area contributed by atoms with Gasteiger partial charge in [-0.2, -0.15) is 4.80 Å². The zero-order valence-electron chi connectivity index (χ0n) is 21.8. The van der Waals surface area contributed by atoms with E-state index in [0.29, 0.717) is 43.4 Å². The van der Waals surface area contributed by atoms with Crippen LogP contribution in [-0.4, -0.2) is 81.4 Å². The summed E-state index contributed by atoms with van der Waals surface area (Å²) in [5.41, 5.74) is 0.468. The van der Waals surface area contributed by atoms with Crippen molar-refractivity contribution in [2.45, 2.75) is 60.7 Å². The lowest BCUT2D eigenvalue weighted by atomic mass is 9.95. The number of aromatic nitrogens is 4. The topological polar surface area (TPSA) is 137 Å². The first kappa shape index (κ1) is 28.8. The summed E-state index contributed by atoms with van der Waals surface area (Å²) in [6, 6.07) is 11.3.